The number of carbonyl (C=O) groups excluding carboxylic acids is 2. The van der Waals surface area contributed by atoms with Gasteiger partial charge in [0.1, 0.15) is 19.2 Å². The molecule has 4 rings (SSSR count). The number of pyridine rings is 1. The quantitative estimate of drug-likeness (QED) is 0.569. The summed E-state index contributed by atoms with van der Waals surface area (Å²) in [6, 6.07) is 13.6. The summed E-state index contributed by atoms with van der Waals surface area (Å²) < 4.78 is 7.57. The van der Waals surface area contributed by atoms with Crippen molar-refractivity contribution in [3.63, 3.8) is 0 Å². The van der Waals surface area contributed by atoms with Crippen LogP contribution in [0.2, 0.25) is 0 Å². The molecule has 3 aromatic rings. The lowest BCUT2D eigenvalue weighted by atomic mass is 10.2. The van der Waals surface area contributed by atoms with Crippen molar-refractivity contribution >= 4 is 11.8 Å². The molecular formula is C22H24N6O3. The third-order valence-electron chi connectivity index (χ3n) is 5.07. The number of benzene rings is 1. The first kappa shape index (κ1) is 20.7. The SMILES string of the molecule is O=C(Cn1cncn1)N1CC(=O)N(Cc2ccccc2)CC(OCc2cccnc2)C1. The van der Waals surface area contributed by atoms with Gasteiger partial charge >= 0.3 is 0 Å². The van der Waals surface area contributed by atoms with Gasteiger partial charge in [-0.2, -0.15) is 5.10 Å². The second-order valence-electron chi connectivity index (χ2n) is 7.42. The van der Waals surface area contributed by atoms with Gasteiger partial charge in [0, 0.05) is 32.0 Å². The summed E-state index contributed by atoms with van der Waals surface area (Å²) in [5.41, 5.74) is 1.97. The molecule has 0 radical (unpaired) electrons. The molecule has 9 heteroatoms. The van der Waals surface area contributed by atoms with Gasteiger partial charge in [-0.1, -0.05) is 36.4 Å². The fraction of sp³-hybridized carbons (Fsp3) is 0.318. The van der Waals surface area contributed by atoms with E-state index in [1.54, 1.807) is 22.2 Å². The molecule has 3 heterocycles. The van der Waals surface area contributed by atoms with E-state index in [-0.39, 0.29) is 31.0 Å². The average molecular weight is 420 g/mol. The Kier molecular flexibility index (Phi) is 6.63. The Morgan fingerprint density at radius 1 is 1.06 bits per heavy atom. The fourth-order valence-corrected chi connectivity index (χ4v) is 3.48. The van der Waals surface area contributed by atoms with Crippen molar-refractivity contribution in [2.75, 3.05) is 19.6 Å². The topological polar surface area (TPSA) is 93.5 Å². The summed E-state index contributed by atoms with van der Waals surface area (Å²) in [4.78, 5) is 37.1. The number of hydrogen-bond donors (Lipinski definition) is 0. The largest absolute Gasteiger partial charge is 0.370 e. The molecule has 0 bridgehead atoms. The van der Waals surface area contributed by atoms with Crippen LogP contribution in [0.3, 0.4) is 0 Å². The fourth-order valence-electron chi connectivity index (χ4n) is 3.48. The van der Waals surface area contributed by atoms with Crippen molar-refractivity contribution < 1.29 is 14.3 Å². The molecule has 1 fully saturated rings. The monoisotopic (exact) mass is 420 g/mol. The third-order valence-corrected chi connectivity index (χ3v) is 5.07. The van der Waals surface area contributed by atoms with Gasteiger partial charge in [-0.3, -0.25) is 14.6 Å². The van der Waals surface area contributed by atoms with Crippen LogP contribution in [-0.2, 0) is 34.0 Å². The molecule has 1 aliphatic heterocycles. The lowest BCUT2D eigenvalue weighted by molar-refractivity contribution is -0.139. The highest BCUT2D eigenvalue weighted by Gasteiger charge is 2.31. The van der Waals surface area contributed by atoms with Crippen molar-refractivity contribution in [3.05, 3.63) is 78.6 Å². The third kappa shape index (κ3) is 5.73. The Morgan fingerprint density at radius 2 is 1.90 bits per heavy atom. The molecule has 9 nitrogen and oxygen atoms in total. The molecule has 0 spiro atoms. The first-order valence-corrected chi connectivity index (χ1v) is 10.1. The molecule has 1 aromatic carbocycles. The second kappa shape index (κ2) is 9.94. The maximum Gasteiger partial charge on any atom is 0.244 e. The van der Waals surface area contributed by atoms with E-state index in [1.165, 1.54) is 17.3 Å². The molecule has 0 aliphatic carbocycles. The van der Waals surface area contributed by atoms with Gasteiger partial charge < -0.3 is 14.5 Å². The first-order chi connectivity index (χ1) is 15.2. The van der Waals surface area contributed by atoms with Crippen LogP contribution < -0.4 is 0 Å². The summed E-state index contributed by atoms with van der Waals surface area (Å²) in [5.74, 6) is -0.307. The summed E-state index contributed by atoms with van der Waals surface area (Å²) in [6.07, 6.45) is 5.99. The molecule has 31 heavy (non-hydrogen) atoms. The van der Waals surface area contributed by atoms with Crippen molar-refractivity contribution in [3.8, 4) is 0 Å². The normalized spacial score (nSPS) is 16.9. The van der Waals surface area contributed by atoms with Gasteiger partial charge in [-0.05, 0) is 17.2 Å². The molecule has 1 aliphatic rings. The number of amides is 2. The van der Waals surface area contributed by atoms with Crippen molar-refractivity contribution in [1.29, 1.82) is 0 Å². The molecular weight excluding hydrogens is 396 g/mol. The number of ether oxygens (including phenoxy) is 1. The minimum absolute atomic E-state index is 0.00706. The van der Waals surface area contributed by atoms with Crippen LogP contribution in [0, 0.1) is 0 Å². The predicted molar refractivity (Wildman–Crippen MR) is 111 cm³/mol. The smallest absolute Gasteiger partial charge is 0.244 e. The van der Waals surface area contributed by atoms with Gasteiger partial charge in [-0.25, -0.2) is 9.67 Å². The van der Waals surface area contributed by atoms with Crippen LogP contribution >= 0.6 is 0 Å². The van der Waals surface area contributed by atoms with E-state index >= 15 is 0 Å². The van der Waals surface area contributed by atoms with Gasteiger partial charge in [0.05, 0.1) is 19.3 Å². The van der Waals surface area contributed by atoms with Crippen molar-refractivity contribution in [2.24, 2.45) is 0 Å². The van der Waals surface area contributed by atoms with Gasteiger partial charge in [-0.15, -0.1) is 0 Å². The highest BCUT2D eigenvalue weighted by molar-refractivity contribution is 5.85. The standard InChI is InChI=1S/C22H24N6O3/c29-21-13-27(22(30)14-28-17-24-16-25-28)12-20(31-15-19-7-4-8-23-9-19)11-26(21)10-18-5-2-1-3-6-18/h1-9,16-17,20H,10-15H2. The van der Waals surface area contributed by atoms with E-state index in [0.29, 0.717) is 26.2 Å². The van der Waals surface area contributed by atoms with Crippen LogP contribution in [0.4, 0.5) is 0 Å². The van der Waals surface area contributed by atoms with Crippen LogP contribution in [0.15, 0.2) is 67.5 Å². The van der Waals surface area contributed by atoms with Crippen LogP contribution in [0.5, 0.6) is 0 Å². The zero-order chi connectivity index (χ0) is 21.5. The van der Waals surface area contributed by atoms with Crippen molar-refractivity contribution in [1.82, 2.24) is 29.5 Å². The molecule has 0 N–H and O–H groups in total. The minimum atomic E-state index is -0.324. The maximum atomic E-state index is 13.0. The van der Waals surface area contributed by atoms with E-state index < -0.39 is 0 Å². The molecule has 1 saturated heterocycles. The summed E-state index contributed by atoms with van der Waals surface area (Å²) in [7, 11) is 0. The number of carbonyl (C=O) groups is 2. The molecule has 1 atom stereocenters. The zero-order valence-electron chi connectivity index (χ0n) is 17.1. The molecule has 160 valence electrons. The number of nitrogens with zero attached hydrogens (tertiary/aromatic N) is 6. The van der Waals surface area contributed by atoms with Crippen LogP contribution in [-0.4, -0.2) is 67.1 Å². The Bertz CT molecular complexity index is 981. The summed E-state index contributed by atoms with van der Waals surface area (Å²) >= 11 is 0. The summed E-state index contributed by atoms with van der Waals surface area (Å²) in [6.45, 7) is 1.59. The summed E-state index contributed by atoms with van der Waals surface area (Å²) in [5, 5.41) is 3.98. The Balaban J connectivity index is 1.48. The van der Waals surface area contributed by atoms with Crippen LogP contribution in [0.1, 0.15) is 11.1 Å². The lowest BCUT2D eigenvalue weighted by Gasteiger charge is -2.25. The Hall–Kier alpha value is -3.59. The predicted octanol–water partition coefficient (Wildman–Crippen LogP) is 1.13. The first-order valence-electron chi connectivity index (χ1n) is 10.1. The minimum Gasteiger partial charge on any atom is -0.370 e. The van der Waals surface area contributed by atoms with E-state index in [4.69, 9.17) is 4.74 Å². The second-order valence-corrected chi connectivity index (χ2v) is 7.42. The van der Waals surface area contributed by atoms with Gasteiger partial charge in [0.25, 0.3) is 0 Å². The molecule has 1 unspecified atom stereocenters. The van der Waals surface area contributed by atoms with E-state index in [0.717, 1.165) is 11.1 Å². The number of aromatic nitrogens is 4. The van der Waals surface area contributed by atoms with E-state index in [9.17, 15) is 9.59 Å². The van der Waals surface area contributed by atoms with Crippen LogP contribution in [0.25, 0.3) is 0 Å². The number of hydrogen-bond acceptors (Lipinski definition) is 6. The van der Waals surface area contributed by atoms with Gasteiger partial charge in [0.2, 0.25) is 11.8 Å². The van der Waals surface area contributed by atoms with Gasteiger partial charge in [0.15, 0.2) is 0 Å². The molecule has 2 amide bonds. The zero-order valence-corrected chi connectivity index (χ0v) is 17.1. The molecule has 2 aromatic heterocycles. The van der Waals surface area contributed by atoms with Crippen molar-refractivity contribution in [2.45, 2.75) is 25.8 Å². The maximum absolute atomic E-state index is 13.0. The van der Waals surface area contributed by atoms with E-state index in [2.05, 4.69) is 15.1 Å². The number of rotatable bonds is 7. The Labute approximate surface area is 180 Å². The van der Waals surface area contributed by atoms with E-state index in [1.807, 2.05) is 42.5 Å². The average Bonchev–Trinajstić information content (AvgIpc) is 3.25. The molecule has 0 saturated carbocycles. The highest BCUT2D eigenvalue weighted by atomic mass is 16.5. The highest BCUT2D eigenvalue weighted by Crippen LogP contribution is 2.14. The lowest BCUT2D eigenvalue weighted by Crippen LogP contribution is -2.41. The Morgan fingerprint density at radius 3 is 2.65 bits per heavy atom.